The first-order chi connectivity index (χ1) is 13.3. The number of amides is 1. The van der Waals surface area contributed by atoms with Crippen molar-refractivity contribution >= 4 is 5.91 Å². The minimum atomic E-state index is -0.0512. The van der Waals surface area contributed by atoms with Gasteiger partial charge in [0.1, 0.15) is 6.54 Å². The molecule has 0 spiro atoms. The van der Waals surface area contributed by atoms with Crippen LogP contribution in [0.3, 0.4) is 0 Å². The molecule has 0 radical (unpaired) electrons. The zero-order chi connectivity index (χ0) is 18.5. The van der Waals surface area contributed by atoms with Crippen LogP contribution in [-0.4, -0.2) is 58.1 Å². The second-order valence-electron chi connectivity index (χ2n) is 7.49. The van der Waals surface area contributed by atoms with E-state index in [2.05, 4.69) is 44.8 Å². The van der Waals surface area contributed by atoms with Gasteiger partial charge in [-0.05, 0) is 24.8 Å². The second-order valence-corrected chi connectivity index (χ2v) is 7.49. The van der Waals surface area contributed by atoms with E-state index >= 15 is 0 Å². The maximum atomic E-state index is 12.2. The van der Waals surface area contributed by atoms with Crippen LogP contribution in [0, 0.1) is 0 Å². The molecule has 2 aliphatic rings. The third kappa shape index (κ3) is 5.37. The molecular formula is C20H27N5O2. The highest BCUT2D eigenvalue weighted by atomic mass is 16.5. The van der Waals surface area contributed by atoms with Gasteiger partial charge in [-0.2, -0.15) is 0 Å². The quantitative estimate of drug-likeness (QED) is 0.802. The van der Waals surface area contributed by atoms with Crippen molar-refractivity contribution in [3.8, 4) is 0 Å². The lowest BCUT2D eigenvalue weighted by molar-refractivity contribution is -0.122. The lowest BCUT2D eigenvalue weighted by Gasteiger charge is -2.24. The predicted molar refractivity (Wildman–Crippen MR) is 101 cm³/mol. The molecule has 7 heteroatoms. The molecule has 1 aromatic carbocycles. The largest absolute Gasteiger partial charge is 0.375 e. The maximum absolute atomic E-state index is 12.2. The van der Waals surface area contributed by atoms with Crippen molar-refractivity contribution < 1.29 is 9.53 Å². The van der Waals surface area contributed by atoms with Gasteiger partial charge in [0, 0.05) is 44.9 Å². The van der Waals surface area contributed by atoms with Crippen LogP contribution in [0.5, 0.6) is 0 Å². The van der Waals surface area contributed by atoms with Gasteiger partial charge in [0.15, 0.2) is 0 Å². The Kier molecular flexibility index (Phi) is 5.79. The molecule has 1 N–H and O–H groups in total. The number of carbonyl (C=O) groups excluding carboxylic acids is 1. The first-order valence-corrected chi connectivity index (χ1v) is 9.81. The maximum Gasteiger partial charge on any atom is 0.241 e. The Bertz CT molecular complexity index is 744. The van der Waals surface area contributed by atoms with Crippen molar-refractivity contribution in [2.24, 2.45) is 0 Å². The molecule has 7 nitrogen and oxygen atoms in total. The average Bonchev–Trinajstić information content (AvgIpc) is 3.46. The van der Waals surface area contributed by atoms with Crippen molar-refractivity contribution in [3.05, 3.63) is 47.8 Å². The zero-order valence-electron chi connectivity index (χ0n) is 15.6. The highest BCUT2D eigenvalue weighted by molar-refractivity contribution is 5.75. The predicted octanol–water partition coefficient (Wildman–Crippen LogP) is 1.56. The Hall–Kier alpha value is -2.25. The van der Waals surface area contributed by atoms with E-state index in [1.165, 1.54) is 18.4 Å². The van der Waals surface area contributed by atoms with E-state index in [1.807, 2.05) is 12.3 Å². The van der Waals surface area contributed by atoms with E-state index < -0.39 is 0 Å². The van der Waals surface area contributed by atoms with E-state index in [-0.39, 0.29) is 18.6 Å². The van der Waals surface area contributed by atoms with Crippen molar-refractivity contribution in [2.45, 2.75) is 44.4 Å². The van der Waals surface area contributed by atoms with E-state index in [0.29, 0.717) is 12.5 Å². The second kappa shape index (κ2) is 8.63. The SMILES string of the molecule is O=C(Cn1cc(C2CC2)nn1)NCC1CN(Cc2ccccc2)CCCO1. The molecule has 144 valence electrons. The summed E-state index contributed by atoms with van der Waals surface area (Å²) in [7, 11) is 0. The van der Waals surface area contributed by atoms with Gasteiger partial charge in [0.2, 0.25) is 5.91 Å². The Morgan fingerprint density at radius 3 is 2.93 bits per heavy atom. The van der Waals surface area contributed by atoms with Gasteiger partial charge in [-0.25, -0.2) is 4.68 Å². The number of ether oxygens (including phenoxy) is 1. The van der Waals surface area contributed by atoms with Crippen LogP contribution in [0.15, 0.2) is 36.5 Å². The molecule has 27 heavy (non-hydrogen) atoms. The zero-order valence-corrected chi connectivity index (χ0v) is 15.6. The highest BCUT2D eigenvalue weighted by Gasteiger charge is 2.26. The van der Waals surface area contributed by atoms with Gasteiger partial charge < -0.3 is 10.1 Å². The Balaban J connectivity index is 1.24. The van der Waals surface area contributed by atoms with Gasteiger partial charge in [0.25, 0.3) is 0 Å². The van der Waals surface area contributed by atoms with E-state index in [1.54, 1.807) is 4.68 Å². The van der Waals surface area contributed by atoms with Gasteiger partial charge in [-0.1, -0.05) is 35.5 Å². The average molecular weight is 369 g/mol. The first-order valence-electron chi connectivity index (χ1n) is 9.81. The topological polar surface area (TPSA) is 72.3 Å². The van der Waals surface area contributed by atoms with Crippen LogP contribution in [-0.2, 0) is 22.6 Å². The van der Waals surface area contributed by atoms with Gasteiger partial charge >= 0.3 is 0 Å². The molecule has 1 aromatic heterocycles. The lowest BCUT2D eigenvalue weighted by Crippen LogP contribution is -2.41. The van der Waals surface area contributed by atoms with Crippen molar-refractivity contribution in [1.82, 2.24) is 25.2 Å². The van der Waals surface area contributed by atoms with Gasteiger partial charge in [-0.15, -0.1) is 5.10 Å². The van der Waals surface area contributed by atoms with Crippen LogP contribution in [0.4, 0.5) is 0 Å². The highest BCUT2D eigenvalue weighted by Crippen LogP contribution is 2.38. The number of hydrogen-bond acceptors (Lipinski definition) is 5. The summed E-state index contributed by atoms with van der Waals surface area (Å²) in [6, 6.07) is 10.5. The minimum absolute atomic E-state index is 0.0120. The number of rotatable bonds is 7. The fourth-order valence-corrected chi connectivity index (χ4v) is 3.47. The first kappa shape index (κ1) is 18.1. The molecule has 0 bridgehead atoms. The van der Waals surface area contributed by atoms with Crippen LogP contribution in [0.1, 0.15) is 36.4 Å². The summed E-state index contributed by atoms with van der Waals surface area (Å²) >= 11 is 0. The third-order valence-electron chi connectivity index (χ3n) is 5.07. The van der Waals surface area contributed by atoms with Crippen molar-refractivity contribution in [3.63, 3.8) is 0 Å². The monoisotopic (exact) mass is 369 g/mol. The molecule has 1 amide bonds. The molecule has 1 unspecified atom stereocenters. The molecular weight excluding hydrogens is 342 g/mol. The number of nitrogens with one attached hydrogen (secondary N) is 1. The summed E-state index contributed by atoms with van der Waals surface area (Å²) in [5.74, 6) is 0.501. The third-order valence-corrected chi connectivity index (χ3v) is 5.07. The normalized spacial score (nSPS) is 21.0. The number of aromatic nitrogens is 3. The molecule has 1 atom stereocenters. The van der Waals surface area contributed by atoms with E-state index in [0.717, 1.165) is 38.4 Å². The molecule has 2 heterocycles. The standard InChI is InChI=1S/C20H27N5O2/c26-20(15-25-14-19(22-23-25)17-7-8-17)21-11-18-13-24(9-4-10-27-18)12-16-5-2-1-3-6-16/h1-3,5-6,14,17-18H,4,7-13,15H2,(H,21,26). The van der Waals surface area contributed by atoms with Gasteiger partial charge in [0.05, 0.1) is 11.8 Å². The fraction of sp³-hybridized carbons (Fsp3) is 0.550. The van der Waals surface area contributed by atoms with Crippen molar-refractivity contribution in [1.29, 1.82) is 0 Å². The smallest absolute Gasteiger partial charge is 0.241 e. The lowest BCUT2D eigenvalue weighted by atomic mass is 10.2. The van der Waals surface area contributed by atoms with Crippen LogP contribution in [0.25, 0.3) is 0 Å². The van der Waals surface area contributed by atoms with Gasteiger partial charge in [-0.3, -0.25) is 9.69 Å². The minimum Gasteiger partial charge on any atom is -0.375 e. The number of hydrogen-bond donors (Lipinski definition) is 1. The van der Waals surface area contributed by atoms with Crippen LogP contribution >= 0.6 is 0 Å². The molecule has 1 aliphatic carbocycles. The molecule has 2 fully saturated rings. The van der Waals surface area contributed by atoms with Crippen LogP contribution in [0.2, 0.25) is 0 Å². The molecule has 1 aliphatic heterocycles. The Morgan fingerprint density at radius 1 is 1.26 bits per heavy atom. The summed E-state index contributed by atoms with van der Waals surface area (Å²) < 4.78 is 7.55. The molecule has 1 saturated carbocycles. The molecule has 4 rings (SSSR count). The summed E-state index contributed by atoms with van der Waals surface area (Å²) in [5, 5.41) is 11.2. The Labute approximate surface area is 159 Å². The van der Waals surface area contributed by atoms with E-state index in [4.69, 9.17) is 4.74 Å². The van der Waals surface area contributed by atoms with Crippen molar-refractivity contribution in [2.75, 3.05) is 26.2 Å². The summed E-state index contributed by atoms with van der Waals surface area (Å²) in [5.41, 5.74) is 2.31. The summed E-state index contributed by atoms with van der Waals surface area (Å²) in [6.45, 7) is 4.22. The fourth-order valence-electron chi connectivity index (χ4n) is 3.47. The molecule has 1 saturated heterocycles. The summed E-state index contributed by atoms with van der Waals surface area (Å²) in [4.78, 5) is 14.6. The number of nitrogens with zero attached hydrogens (tertiary/aromatic N) is 4. The summed E-state index contributed by atoms with van der Waals surface area (Å²) in [6.07, 6.45) is 5.28. The number of benzene rings is 1. The molecule has 2 aromatic rings. The van der Waals surface area contributed by atoms with E-state index in [9.17, 15) is 4.79 Å². The Morgan fingerprint density at radius 2 is 2.11 bits per heavy atom. The number of carbonyl (C=O) groups is 1. The van der Waals surface area contributed by atoms with Crippen LogP contribution < -0.4 is 5.32 Å².